The SMILES string of the molecule is COc1cc(NC(=O)N2CCC[C@H]2c2cccc(C)c2)cc(OC)c1OC. The summed E-state index contributed by atoms with van der Waals surface area (Å²) >= 11 is 0. The number of nitrogens with zero attached hydrogens (tertiary/aromatic N) is 1. The van der Waals surface area contributed by atoms with E-state index in [0.29, 0.717) is 22.9 Å². The van der Waals surface area contributed by atoms with Gasteiger partial charge in [0.15, 0.2) is 11.5 Å². The Labute approximate surface area is 160 Å². The highest BCUT2D eigenvalue weighted by atomic mass is 16.5. The van der Waals surface area contributed by atoms with Crippen molar-refractivity contribution in [3.63, 3.8) is 0 Å². The molecule has 1 saturated heterocycles. The van der Waals surface area contributed by atoms with Crippen molar-refractivity contribution in [1.82, 2.24) is 4.90 Å². The van der Waals surface area contributed by atoms with Gasteiger partial charge in [0.1, 0.15) is 0 Å². The van der Waals surface area contributed by atoms with Crippen molar-refractivity contribution in [2.24, 2.45) is 0 Å². The molecular formula is C21H26N2O4. The molecule has 6 heteroatoms. The van der Waals surface area contributed by atoms with Gasteiger partial charge >= 0.3 is 6.03 Å². The van der Waals surface area contributed by atoms with E-state index >= 15 is 0 Å². The summed E-state index contributed by atoms with van der Waals surface area (Å²) in [7, 11) is 4.66. The summed E-state index contributed by atoms with van der Waals surface area (Å²) in [4.78, 5) is 14.8. The smallest absolute Gasteiger partial charge is 0.322 e. The summed E-state index contributed by atoms with van der Waals surface area (Å²) in [6.07, 6.45) is 1.95. The maximum atomic E-state index is 12.9. The standard InChI is InChI=1S/C21H26N2O4/c1-14-7-5-8-15(11-14)17-9-6-10-23(17)21(24)22-16-12-18(25-2)20(27-4)19(13-16)26-3/h5,7-8,11-13,17H,6,9-10H2,1-4H3,(H,22,24)/t17-/m0/s1. The number of anilines is 1. The van der Waals surface area contributed by atoms with Gasteiger partial charge in [-0.05, 0) is 25.3 Å². The monoisotopic (exact) mass is 370 g/mol. The second kappa shape index (κ2) is 8.20. The first kappa shape index (κ1) is 18.9. The molecule has 0 aromatic heterocycles. The molecule has 3 rings (SSSR count). The zero-order valence-electron chi connectivity index (χ0n) is 16.2. The van der Waals surface area contributed by atoms with Crippen LogP contribution < -0.4 is 19.5 Å². The molecule has 1 atom stereocenters. The molecule has 0 radical (unpaired) electrons. The fourth-order valence-corrected chi connectivity index (χ4v) is 3.58. The molecule has 1 fully saturated rings. The summed E-state index contributed by atoms with van der Waals surface area (Å²) in [5.74, 6) is 1.50. The molecule has 2 amide bonds. The van der Waals surface area contributed by atoms with Crippen LogP contribution in [0.2, 0.25) is 0 Å². The van der Waals surface area contributed by atoms with E-state index < -0.39 is 0 Å². The normalized spacial score (nSPS) is 16.1. The topological polar surface area (TPSA) is 60.0 Å². The maximum absolute atomic E-state index is 12.9. The highest BCUT2D eigenvalue weighted by Gasteiger charge is 2.30. The van der Waals surface area contributed by atoms with Crippen LogP contribution >= 0.6 is 0 Å². The number of carbonyl (C=O) groups excluding carboxylic acids is 1. The molecule has 0 saturated carbocycles. The van der Waals surface area contributed by atoms with E-state index in [-0.39, 0.29) is 12.1 Å². The van der Waals surface area contributed by atoms with Crippen LogP contribution in [0.4, 0.5) is 10.5 Å². The van der Waals surface area contributed by atoms with Crippen LogP contribution in [-0.2, 0) is 0 Å². The molecule has 144 valence electrons. The minimum Gasteiger partial charge on any atom is -0.493 e. The highest BCUT2D eigenvalue weighted by molar-refractivity contribution is 5.90. The van der Waals surface area contributed by atoms with Crippen molar-refractivity contribution in [2.45, 2.75) is 25.8 Å². The van der Waals surface area contributed by atoms with Gasteiger partial charge in [0.25, 0.3) is 0 Å². The summed E-state index contributed by atoms with van der Waals surface area (Å²) in [6, 6.07) is 11.8. The van der Waals surface area contributed by atoms with Gasteiger partial charge in [-0.3, -0.25) is 0 Å². The first-order chi connectivity index (χ1) is 13.1. The molecule has 0 aliphatic carbocycles. The number of aryl methyl sites for hydroxylation is 1. The Kier molecular flexibility index (Phi) is 5.74. The van der Waals surface area contributed by atoms with Gasteiger partial charge in [0, 0.05) is 18.7 Å². The van der Waals surface area contributed by atoms with E-state index in [1.165, 1.54) is 11.1 Å². The minimum atomic E-state index is -0.131. The molecule has 2 aromatic rings. The highest BCUT2D eigenvalue weighted by Crippen LogP contribution is 2.40. The lowest BCUT2D eigenvalue weighted by Crippen LogP contribution is -2.34. The molecule has 6 nitrogen and oxygen atoms in total. The molecule has 1 heterocycles. The van der Waals surface area contributed by atoms with Crippen molar-refractivity contribution in [2.75, 3.05) is 33.2 Å². The average molecular weight is 370 g/mol. The van der Waals surface area contributed by atoms with Crippen molar-refractivity contribution in [3.8, 4) is 17.2 Å². The number of carbonyl (C=O) groups is 1. The lowest BCUT2D eigenvalue weighted by atomic mass is 10.0. The van der Waals surface area contributed by atoms with E-state index in [0.717, 1.165) is 19.4 Å². The number of hydrogen-bond donors (Lipinski definition) is 1. The lowest BCUT2D eigenvalue weighted by Gasteiger charge is -2.26. The van der Waals surface area contributed by atoms with E-state index in [1.807, 2.05) is 11.0 Å². The van der Waals surface area contributed by atoms with E-state index in [4.69, 9.17) is 14.2 Å². The van der Waals surface area contributed by atoms with Gasteiger partial charge in [-0.2, -0.15) is 0 Å². The number of ether oxygens (including phenoxy) is 3. The number of urea groups is 1. The fraction of sp³-hybridized carbons (Fsp3) is 0.381. The third-order valence-electron chi connectivity index (χ3n) is 4.86. The largest absolute Gasteiger partial charge is 0.493 e. The summed E-state index contributed by atoms with van der Waals surface area (Å²) in [6.45, 7) is 2.80. The fourth-order valence-electron chi connectivity index (χ4n) is 3.58. The second-order valence-electron chi connectivity index (χ2n) is 6.61. The van der Waals surface area contributed by atoms with E-state index in [9.17, 15) is 4.79 Å². The number of benzene rings is 2. The van der Waals surface area contributed by atoms with Crippen LogP contribution in [0.25, 0.3) is 0 Å². The zero-order valence-corrected chi connectivity index (χ0v) is 16.2. The summed E-state index contributed by atoms with van der Waals surface area (Å²) in [5, 5.41) is 2.97. The Bertz CT molecular complexity index is 797. The van der Waals surface area contributed by atoms with Crippen LogP contribution in [0, 0.1) is 6.92 Å². The molecule has 0 bridgehead atoms. The number of nitrogens with one attached hydrogen (secondary N) is 1. The van der Waals surface area contributed by atoms with Crippen LogP contribution in [0.5, 0.6) is 17.2 Å². The maximum Gasteiger partial charge on any atom is 0.322 e. The van der Waals surface area contributed by atoms with Crippen molar-refractivity contribution < 1.29 is 19.0 Å². The molecule has 1 aliphatic rings. The second-order valence-corrected chi connectivity index (χ2v) is 6.61. The molecule has 1 N–H and O–H groups in total. The van der Waals surface area contributed by atoms with E-state index in [2.05, 4.69) is 30.4 Å². The number of rotatable bonds is 5. The molecule has 0 unspecified atom stereocenters. The predicted octanol–water partition coefficient (Wildman–Crippen LogP) is 4.39. The van der Waals surface area contributed by atoms with E-state index in [1.54, 1.807) is 33.5 Å². The van der Waals surface area contributed by atoms with Gasteiger partial charge in [0.05, 0.1) is 33.1 Å². The molecule has 2 aromatic carbocycles. The quantitative estimate of drug-likeness (QED) is 0.848. The van der Waals surface area contributed by atoms with Crippen LogP contribution in [-0.4, -0.2) is 38.8 Å². The third-order valence-corrected chi connectivity index (χ3v) is 4.86. The number of likely N-dealkylation sites (tertiary alicyclic amines) is 1. The molecule has 0 spiro atoms. The van der Waals surface area contributed by atoms with Crippen molar-refractivity contribution in [3.05, 3.63) is 47.5 Å². The Hall–Kier alpha value is -2.89. The first-order valence-corrected chi connectivity index (χ1v) is 9.01. The lowest BCUT2D eigenvalue weighted by molar-refractivity contribution is 0.207. The third kappa shape index (κ3) is 3.94. The molecule has 1 aliphatic heterocycles. The predicted molar refractivity (Wildman–Crippen MR) is 105 cm³/mol. The average Bonchev–Trinajstić information content (AvgIpc) is 3.17. The van der Waals surface area contributed by atoms with Crippen LogP contribution in [0.3, 0.4) is 0 Å². The zero-order chi connectivity index (χ0) is 19.4. The Balaban J connectivity index is 1.82. The summed E-state index contributed by atoms with van der Waals surface area (Å²) < 4.78 is 16.1. The summed E-state index contributed by atoms with van der Waals surface area (Å²) in [5.41, 5.74) is 2.97. The molecular weight excluding hydrogens is 344 g/mol. The minimum absolute atomic E-state index is 0.0898. The Morgan fingerprint density at radius 1 is 1.07 bits per heavy atom. The number of amides is 2. The van der Waals surface area contributed by atoms with Gasteiger partial charge in [-0.25, -0.2) is 4.79 Å². The number of hydrogen-bond acceptors (Lipinski definition) is 4. The first-order valence-electron chi connectivity index (χ1n) is 9.01. The van der Waals surface area contributed by atoms with Crippen LogP contribution in [0.15, 0.2) is 36.4 Å². The Morgan fingerprint density at radius 2 is 1.78 bits per heavy atom. The number of methoxy groups -OCH3 is 3. The van der Waals surface area contributed by atoms with Gasteiger partial charge in [0.2, 0.25) is 5.75 Å². The van der Waals surface area contributed by atoms with Gasteiger partial charge in [-0.15, -0.1) is 0 Å². The Morgan fingerprint density at radius 3 is 2.37 bits per heavy atom. The van der Waals surface area contributed by atoms with Crippen molar-refractivity contribution >= 4 is 11.7 Å². The van der Waals surface area contributed by atoms with Crippen molar-refractivity contribution in [1.29, 1.82) is 0 Å². The van der Waals surface area contributed by atoms with Crippen LogP contribution in [0.1, 0.15) is 30.0 Å². The van der Waals surface area contributed by atoms with Gasteiger partial charge in [-0.1, -0.05) is 29.8 Å². The molecule has 27 heavy (non-hydrogen) atoms. The van der Waals surface area contributed by atoms with Gasteiger partial charge < -0.3 is 24.4 Å².